The molecule has 0 spiro atoms. The number of carbonyl (C=O) groups excluding carboxylic acids is 2. The van der Waals surface area contributed by atoms with Crippen LogP contribution in [0.3, 0.4) is 0 Å². The van der Waals surface area contributed by atoms with Gasteiger partial charge >= 0.3 is 12.1 Å². The van der Waals surface area contributed by atoms with Crippen molar-refractivity contribution >= 4 is 18.0 Å². The topological polar surface area (TPSA) is 105 Å². The van der Waals surface area contributed by atoms with Crippen LogP contribution in [0.2, 0.25) is 0 Å². The molecule has 2 unspecified atom stereocenters. The summed E-state index contributed by atoms with van der Waals surface area (Å²) in [4.78, 5) is 36.3. The van der Waals surface area contributed by atoms with E-state index in [-0.39, 0.29) is 55.1 Å². The predicted octanol–water partition coefficient (Wildman–Crippen LogP) is 4.56. The molecule has 0 radical (unpaired) electrons. The molecule has 0 aromatic heterocycles. The molecule has 1 saturated carbocycles. The quantitative estimate of drug-likeness (QED) is 0.439. The van der Waals surface area contributed by atoms with E-state index in [0.29, 0.717) is 6.54 Å². The first-order valence-corrected chi connectivity index (χ1v) is 12.4. The van der Waals surface area contributed by atoms with Crippen LogP contribution < -0.4 is 10.6 Å². The first kappa shape index (κ1) is 24.8. The maximum absolute atomic E-state index is 12.7. The van der Waals surface area contributed by atoms with Crippen LogP contribution in [0, 0.1) is 17.8 Å². The molecule has 3 N–H and O–H groups in total. The van der Waals surface area contributed by atoms with Gasteiger partial charge < -0.3 is 20.5 Å². The summed E-state index contributed by atoms with van der Waals surface area (Å²) >= 11 is 0. The number of alkyl carbamates (subject to hydrolysis) is 1. The normalized spacial score (nSPS) is 16.2. The van der Waals surface area contributed by atoms with Gasteiger partial charge in [0, 0.05) is 24.9 Å². The summed E-state index contributed by atoms with van der Waals surface area (Å²) in [6, 6.07) is 16.1. The van der Waals surface area contributed by atoms with E-state index in [0.717, 1.165) is 24.0 Å². The fourth-order valence-corrected chi connectivity index (χ4v) is 4.91. The molecule has 2 aromatic rings. The van der Waals surface area contributed by atoms with Crippen LogP contribution in [-0.2, 0) is 14.3 Å². The zero-order valence-electron chi connectivity index (χ0n) is 20.3. The Morgan fingerprint density at radius 3 is 2.11 bits per heavy atom. The van der Waals surface area contributed by atoms with Gasteiger partial charge in [-0.05, 0) is 52.8 Å². The van der Waals surface area contributed by atoms with Crippen LogP contribution in [0.4, 0.5) is 4.79 Å². The van der Waals surface area contributed by atoms with E-state index in [9.17, 15) is 14.4 Å². The molecule has 0 saturated heterocycles. The van der Waals surface area contributed by atoms with Crippen LogP contribution >= 0.6 is 0 Å². The number of benzene rings is 2. The van der Waals surface area contributed by atoms with Crippen molar-refractivity contribution < 1.29 is 24.2 Å². The highest BCUT2D eigenvalue weighted by Gasteiger charge is 2.35. The standard InChI is InChI=1S/C28H34N2O5/c1-17(2)19(13-27(32)33)15-29-26(31)14-25(18-11-12-18)30-28(34)35-16-24-22-9-5-3-7-20(22)21-8-4-6-10-23(21)24/h3-10,17-19,24-25H,11-16H2,1-2H3,(H,29,31)(H,30,34)(H,32,33). The van der Waals surface area contributed by atoms with Crippen molar-refractivity contribution in [2.75, 3.05) is 13.2 Å². The molecule has 7 heteroatoms. The second kappa shape index (κ2) is 10.9. The highest BCUT2D eigenvalue weighted by Crippen LogP contribution is 2.44. The summed E-state index contributed by atoms with van der Waals surface area (Å²) in [6.07, 6.45) is 1.60. The van der Waals surface area contributed by atoms with Crippen LogP contribution in [0.1, 0.15) is 56.6 Å². The monoisotopic (exact) mass is 478 g/mol. The lowest BCUT2D eigenvalue weighted by Gasteiger charge is -2.22. The summed E-state index contributed by atoms with van der Waals surface area (Å²) in [7, 11) is 0. The Balaban J connectivity index is 1.31. The van der Waals surface area contributed by atoms with Crippen LogP contribution in [0.5, 0.6) is 0 Å². The number of nitrogens with one attached hydrogen (secondary N) is 2. The molecule has 186 valence electrons. The van der Waals surface area contributed by atoms with Gasteiger partial charge in [0.05, 0.1) is 6.42 Å². The average molecular weight is 479 g/mol. The van der Waals surface area contributed by atoms with E-state index in [1.165, 1.54) is 11.1 Å². The smallest absolute Gasteiger partial charge is 0.407 e. The molecular formula is C28H34N2O5. The number of carboxylic acids is 1. The molecule has 7 nitrogen and oxygen atoms in total. The zero-order valence-corrected chi connectivity index (χ0v) is 20.3. The highest BCUT2D eigenvalue weighted by molar-refractivity contribution is 5.79. The van der Waals surface area contributed by atoms with Crippen LogP contribution in [0.25, 0.3) is 11.1 Å². The van der Waals surface area contributed by atoms with Gasteiger partial charge in [0.2, 0.25) is 5.91 Å². The zero-order chi connectivity index (χ0) is 24.9. The molecule has 2 aliphatic rings. The lowest BCUT2D eigenvalue weighted by molar-refractivity contribution is -0.138. The molecule has 35 heavy (non-hydrogen) atoms. The Morgan fingerprint density at radius 2 is 1.57 bits per heavy atom. The summed E-state index contributed by atoms with van der Waals surface area (Å²) in [5, 5.41) is 14.9. The number of carboxylic acid groups (broad SMARTS) is 1. The second-order valence-electron chi connectivity index (χ2n) is 10.0. The van der Waals surface area contributed by atoms with Gasteiger partial charge in [-0.25, -0.2) is 4.79 Å². The highest BCUT2D eigenvalue weighted by atomic mass is 16.5. The number of hydrogen-bond donors (Lipinski definition) is 3. The molecule has 1 fully saturated rings. The third-order valence-corrected chi connectivity index (χ3v) is 7.18. The van der Waals surface area contributed by atoms with E-state index in [2.05, 4.69) is 34.9 Å². The molecule has 4 rings (SSSR count). The number of fused-ring (bicyclic) bond motifs is 3. The van der Waals surface area contributed by atoms with Gasteiger partial charge in [-0.1, -0.05) is 62.4 Å². The van der Waals surface area contributed by atoms with Crippen molar-refractivity contribution in [1.82, 2.24) is 10.6 Å². The predicted molar refractivity (Wildman–Crippen MR) is 133 cm³/mol. The summed E-state index contributed by atoms with van der Waals surface area (Å²) < 4.78 is 5.66. The van der Waals surface area contributed by atoms with Gasteiger partial charge in [-0.3, -0.25) is 9.59 Å². The molecule has 2 aliphatic carbocycles. The number of carbonyl (C=O) groups is 3. The van der Waals surface area contributed by atoms with Gasteiger partial charge in [0.25, 0.3) is 0 Å². The summed E-state index contributed by atoms with van der Waals surface area (Å²) in [5.74, 6) is -0.794. The third-order valence-electron chi connectivity index (χ3n) is 7.18. The van der Waals surface area contributed by atoms with Gasteiger partial charge in [0.15, 0.2) is 0 Å². The second-order valence-corrected chi connectivity index (χ2v) is 10.0. The van der Waals surface area contributed by atoms with Crippen molar-refractivity contribution in [2.24, 2.45) is 17.8 Å². The van der Waals surface area contributed by atoms with E-state index in [4.69, 9.17) is 9.84 Å². The number of hydrogen-bond acceptors (Lipinski definition) is 4. The minimum absolute atomic E-state index is 0.0157. The van der Waals surface area contributed by atoms with Gasteiger partial charge in [-0.15, -0.1) is 0 Å². The van der Waals surface area contributed by atoms with E-state index >= 15 is 0 Å². The average Bonchev–Trinajstić information content (AvgIpc) is 3.63. The van der Waals surface area contributed by atoms with Crippen molar-refractivity contribution in [3.8, 4) is 11.1 Å². The summed E-state index contributed by atoms with van der Waals surface area (Å²) in [5.41, 5.74) is 4.65. The van der Waals surface area contributed by atoms with Crippen molar-refractivity contribution in [3.05, 3.63) is 59.7 Å². The fourth-order valence-electron chi connectivity index (χ4n) is 4.91. The van der Waals surface area contributed by atoms with E-state index in [1.54, 1.807) is 0 Å². The first-order valence-electron chi connectivity index (χ1n) is 12.4. The van der Waals surface area contributed by atoms with Crippen molar-refractivity contribution in [2.45, 2.75) is 51.5 Å². The van der Waals surface area contributed by atoms with E-state index < -0.39 is 12.1 Å². The molecule has 0 aliphatic heterocycles. The lowest BCUT2D eigenvalue weighted by Crippen LogP contribution is -2.42. The number of rotatable bonds is 11. The van der Waals surface area contributed by atoms with Gasteiger partial charge in [0.1, 0.15) is 6.61 Å². The van der Waals surface area contributed by atoms with Crippen LogP contribution in [-0.4, -0.2) is 42.3 Å². The molecular weight excluding hydrogens is 444 g/mol. The molecule has 2 amide bonds. The Bertz CT molecular complexity index is 1030. The minimum Gasteiger partial charge on any atom is -0.481 e. The Kier molecular flexibility index (Phi) is 7.73. The SMILES string of the molecule is CC(C)C(CNC(=O)CC(NC(=O)OCC1c2ccccc2-c2ccccc21)C1CC1)CC(=O)O. The van der Waals surface area contributed by atoms with Gasteiger partial charge in [-0.2, -0.15) is 0 Å². The maximum atomic E-state index is 12.7. The Labute approximate surface area is 206 Å². The number of aliphatic carboxylic acids is 1. The Hall–Kier alpha value is -3.35. The minimum atomic E-state index is -0.870. The number of amides is 2. The number of ether oxygens (including phenoxy) is 1. The molecule has 2 aromatic carbocycles. The lowest BCUT2D eigenvalue weighted by atomic mass is 9.92. The largest absolute Gasteiger partial charge is 0.481 e. The first-order chi connectivity index (χ1) is 16.8. The Morgan fingerprint density at radius 1 is 0.971 bits per heavy atom. The molecule has 2 atom stereocenters. The van der Waals surface area contributed by atoms with Crippen molar-refractivity contribution in [1.29, 1.82) is 0 Å². The summed E-state index contributed by atoms with van der Waals surface area (Å²) in [6.45, 7) is 4.44. The maximum Gasteiger partial charge on any atom is 0.407 e. The molecule has 0 bridgehead atoms. The van der Waals surface area contributed by atoms with Crippen molar-refractivity contribution in [3.63, 3.8) is 0 Å². The van der Waals surface area contributed by atoms with E-state index in [1.807, 2.05) is 38.1 Å². The van der Waals surface area contributed by atoms with Crippen LogP contribution in [0.15, 0.2) is 48.5 Å². The fraction of sp³-hybridized carbons (Fsp3) is 0.464. The molecule has 0 heterocycles. The third kappa shape index (κ3) is 6.21.